The van der Waals surface area contributed by atoms with E-state index in [1.165, 1.54) is 25.7 Å². The number of hydrogen-bond acceptors (Lipinski definition) is 2. The molecule has 1 N–H and O–H groups in total. The first kappa shape index (κ1) is 13.6. The van der Waals surface area contributed by atoms with Gasteiger partial charge in [-0.3, -0.25) is 4.68 Å². The highest BCUT2D eigenvalue weighted by Gasteiger charge is 2.32. The molecule has 1 fully saturated rings. The van der Waals surface area contributed by atoms with E-state index in [2.05, 4.69) is 42.1 Å². The highest BCUT2D eigenvalue weighted by Crippen LogP contribution is 2.36. The number of rotatable bonds is 5. The molecule has 0 amide bonds. The van der Waals surface area contributed by atoms with Gasteiger partial charge in [0.05, 0.1) is 6.04 Å². The highest BCUT2D eigenvalue weighted by molar-refractivity contribution is 4.92. The van der Waals surface area contributed by atoms with E-state index in [9.17, 15) is 0 Å². The molecule has 102 valence electrons. The van der Waals surface area contributed by atoms with Crippen molar-refractivity contribution in [2.24, 2.45) is 11.8 Å². The lowest BCUT2D eigenvalue weighted by molar-refractivity contribution is 0.163. The fraction of sp³-hybridized carbons (Fsp3) is 0.800. The molecular weight excluding hydrogens is 222 g/mol. The minimum Gasteiger partial charge on any atom is -0.312 e. The second-order valence-electron chi connectivity index (χ2n) is 5.93. The van der Waals surface area contributed by atoms with Crippen molar-refractivity contribution in [1.82, 2.24) is 15.1 Å². The maximum absolute atomic E-state index is 4.47. The maximum atomic E-state index is 4.47. The standard InChI is InChI=1S/C15H27N3/c1-4-8-16-14-7-6-13(12(2)3)11-15(14)18-10-5-9-17-18/h5,9-10,12-16H,4,6-8,11H2,1-3H3. The Labute approximate surface area is 111 Å². The van der Waals surface area contributed by atoms with Crippen molar-refractivity contribution >= 4 is 0 Å². The van der Waals surface area contributed by atoms with Gasteiger partial charge in [-0.1, -0.05) is 20.8 Å². The first-order chi connectivity index (χ1) is 8.72. The molecule has 1 heterocycles. The quantitative estimate of drug-likeness (QED) is 0.868. The van der Waals surface area contributed by atoms with Gasteiger partial charge < -0.3 is 5.32 Å². The Bertz CT molecular complexity index is 332. The fourth-order valence-electron chi connectivity index (χ4n) is 3.12. The van der Waals surface area contributed by atoms with Crippen LogP contribution in [0.5, 0.6) is 0 Å². The average Bonchev–Trinajstić information content (AvgIpc) is 2.89. The number of hydrogen-bond donors (Lipinski definition) is 1. The molecule has 0 bridgehead atoms. The van der Waals surface area contributed by atoms with Gasteiger partial charge in [0, 0.05) is 18.4 Å². The van der Waals surface area contributed by atoms with Crippen molar-refractivity contribution < 1.29 is 0 Å². The molecule has 18 heavy (non-hydrogen) atoms. The second kappa shape index (κ2) is 6.37. The van der Waals surface area contributed by atoms with Gasteiger partial charge in [-0.25, -0.2) is 0 Å². The molecule has 1 aromatic heterocycles. The van der Waals surface area contributed by atoms with Crippen molar-refractivity contribution in [1.29, 1.82) is 0 Å². The lowest BCUT2D eigenvalue weighted by Gasteiger charge is -2.38. The highest BCUT2D eigenvalue weighted by atomic mass is 15.3. The van der Waals surface area contributed by atoms with Crippen molar-refractivity contribution in [3.8, 4) is 0 Å². The first-order valence-corrected chi connectivity index (χ1v) is 7.44. The van der Waals surface area contributed by atoms with Crippen LogP contribution in [-0.4, -0.2) is 22.4 Å². The minimum absolute atomic E-state index is 0.535. The monoisotopic (exact) mass is 249 g/mol. The van der Waals surface area contributed by atoms with Gasteiger partial charge in [0.25, 0.3) is 0 Å². The lowest BCUT2D eigenvalue weighted by atomic mass is 9.77. The Morgan fingerprint density at radius 1 is 1.39 bits per heavy atom. The van der Waals surface area contributed by atoms with E-state index < -0.39 is 0 Å². The largest absolute Gasteiger partial charge is 0.312 e. The summed E-state index contributed by atoms with van der Waals surface area (Å²) in [7, 11) is 0. The Balaban J connectivity index is 2.06. The van der Waals surface area contributed by atoms with Crippen LogP contribution >= 0.6 is 0 Å². The van der Waals surface area contributed by atoms with Gasteiger partial charge in [0.2, 0.25) is 0 Å². The van der Waals surface area contributed by atoms with E-state index in [-0.39, 0.29) is 0 Å². The molecule has 3 heteroatoms. The van der Waals surface area contributed by atoms with Crippen molar-refractivity contribution in [3.05, 3.63) is 18.5 Å². The maximum Gasteiger partial charge on any atom is 0.0674 e. The molecular formula is C15H27N3. The second-order valence-corrected chi connectivity index (χ2v) is 5.93. The summed E-state index contributed by atoms with van der Waals surface area (Å²) < 4.78 is 2.17. The SMILES string of the molecule is CCCNC1CCC(C(C)C)CC1n1cccn1. The summed E-state index contributed by atoms with van der Waals surface area (Å²) in [5, 5.41) is 8.18. The zero-order valence-corrected chi connectivity index (χ0v) is 12.0. The third-order valence-corrected chi connectivity index (χ3v) is 4.32. The van der Waals surface area contributed by atoms with E-state index in [0.29, 0.717) is 12.1 Å². The zero-order chi connectivity index (χ0) is 13.0. The van der Waals surface area contributed by atoms with Crippen LogP contribution in [0, 0.1) is 11.8 Å². The van der Waals surface area contributed by atoms with Gasteiger partial charge in [-0.2, -0.15) is 5.10 Å². The van der Waals surface area contributed by atoms with E-state index in [4.69, 9.17) is 0 Å². The molecule has 1 aliphatic rings. The number of aromatic nitrogens is 2. The van der Waals surface area contributed by atoms with Crippen LogP contribution in [0.1, 0.15) is 52.5 Å². The predicted octanol–water partition coefficient (Wildman–Crippen LogP) is 3.25. The Morgan fingerprint density at radius 2 is 2.22 bits per heavy atom. The van der Waals surface area contributed by atoms with Gasteiger partial charge >= 0.3 is 0 Å². The first-order valence-electron chi connectivity index (χ1n) is 7.44. The average molecular weight is 249 g/mol. The topological polar surface area (TPSA) is 29.9 Å². The van der Waals surface area contributed by atoms with Crippen molar-refractivity contribution in [2.75, 3.05) is 6.54 Å². The smallest absolute Gasteiger partial charge is 0.0674 e. The molecule has 0 aromatic carbocycles. The van der Waals surface area contributed by atoms with Crippen LogP contribution in [0.3, 0.4) is 0 Å². The summed E-state index contributed by atoms with van der Waals surface area (Å²) in [6.45, 7) is 8.06. The van der Waals surface area contributed by atoms with E-state index in [1.54, 1.807) is 0 Å². The zero-order valence-electron chi connectivity index (χ0n) is 12.0. The number of nitrogens with one attached hydrogen (secondary N) is 1. The summed E-state index contributed by atoms with van der Waals surface area (Å²) in [6.07, 6.45) is 9.13. The van der Waals surface area contributed by atoms with Crippen LogP contribution in [0.25, 0.3) is 0 Å². The summed E-state index contributed by atoms with van der Waals surface area (Å²) in [5.41, 5.74) is 0. The van der Waals surface area contributed by atoms with Crippen molar-refractivity contribution in [2.45, 2.75) is 58.5 Å². The fourth-order valence-corrected chi connectivity index (χ4v) is 3.12. The molecule has 3 nitrogen and oxygen atoms in total. The van der Waals surface area contributed by atoms with E-state index in [0.717, 1.165) is 18.4 Å². The lowest BCUT2D eigenvalue weighted by Crippen LogP contribution is -2.43. The molecule has 1 aliphatic carbocycles. The predicted molar refractivity (Wildman–Crippen MR) is 75.5 cm³/mol. The molecule has 1 aromatic rings. The molecule has 3 atom stereocenters. The molecule has 3 unspecified atom stereocenters. The summed E-state index contributed by atoms with van der Waals surface area (Å²) >= 11 is 0. The molecule has 0 saturated heterocycles. The van der Waals surface area contributed by atoms with Gasteiger partial charge in [0.15, 0.2) is 0 Å². The molecule has 0 radical (unpaired) electrons. The molecule has 0 aliphatic heterocycles. The van der Waals surface area contributed by atoms with Crippen LogP contribution in [-0.2, 0) is 0 Å². The third kappa shape index (κ3) is 3.14. The summed E-state index contributed by atoms with van der Waals surface area (Å²) in [6, 6.07) is 3.17. The van der Waals surface area contributed by atoms with Crippen LogP contribution in [0.4, 0.5) is 0 Å². The van der Waals surface area contributed by atoms with E-state index in [1.807, 2.05) is 12.3 Å². The Morgan fingerprint density at radius 3 is 2.83 bits per heavy atom. The Hall–Kier alpha value is -0.830. The molecule has 0 spiro atoms. The van der Waals surface area contributed by atoms with Gasteiger partial charge in [-0.15, -0.1) is 0 Å². The third-order valence-electron chi connectivity index (χ3n) is 4.32. The van der Waals surface area contributed by atoms with Crippen LogP contribution in [0.15, 0.2) is 18.5 Å². The summed E-state index contributed by atoms with van der Waals surface area (Å²) in [4.78, 5) is 0. The molecule has 1 saturated carbocycles. The molecule has 2 rings (SSSR count). The van der Waals surface area contributed by atoms with Gasteiger partial charge in [0.1, 0.15) is 0 Å². The minimum atomic E-state index is 0.535. The van der Waals surface area contributed by atoms with Crippen LogP contribution < -0.4 is 5.32 Å². The van der Waals surface area contributed by atoms with Crippen LogP contribution in [0.2, 0.25) is 0 Å². The number of nitrogens with zero attached hydrogens (tertiary/aromatic N) is 2. The van der Waals surface area contributed by atoms with Crippen molar-refractivity contribution in [3.63, 3.8) is 0 Å². The normalized spacial score (nSPS) is 28.8. The van der Waals surface area contributed by atoms with E-state index >= 15 is 0 Å². The Kier molecular flexibility index (Phi) is 4.81. The summed E-state index contributed by atoms with van der Waals surface area (Å²) in [5.74, 6) is 1.63. The van der Waals surface area contributed by atoms with Gasteiger partial charge in [-0.05, 0) is 50.1 Å².